The fourth-order valence-corrected chi connectivity index (χ4v) is 1.69. The number of nitrogens with zero attached hydrogens (tertiary/aromatic N) is 1. The first-order valence-electron chi connectivity index (χ1n) is 5.97. The Balaban J connectivity index is 2.76. The van der Waals surface area contributed by atoms with E-state index in [1.807, 2.05) is 6.92 Å². The number of amides is 1. The maximum atomic E-state index is 12.5. The van der Waals surface area contributed by atoms with E-state index in [1.165, 1.54) is 12.3 Å². The summed E-state index contributed by atoms with van der Waals surface area (Å²) in [5.41, 5.74) is 5.59. The second-order valence-corrected chi connectivity index (χ2v) is 4.28. The molecule has 0 saturated carbocycles. The van der Waals surface area contributed by atoms with Crippen LogP contribution in [0, 0.1) is 0 Å². The number of carbonyl (C=O) groups is 1. The quantitative estimate of drug-likeness (QED) is 0.868. The number of hydrogen-bond acceptors (Lipinski definition) is 3. The minimum absolute atomic E-state index is 0.233. The summed E-state index contributed by atoms with van der Waals surface area (Å²) in [6.45, 7) is 0.250. The lowest BCUT2D eigenvalue weighted by atomic mass is 10.1. The third-order valence-electron chi connectivity index (χ3n) is 2.53. The molecule has 1 amide bonds. The Morgan fingerprint density at radius 3 is 2.68 bits per heavy atom. The van der Waals surface area contributed by atoms with Crippen molar-refractivity contribution in [3.05, 3.63) is 24.2 Å². The van der Waals surface area contributed by atoms with E-state index in [2.05, 4.69) is 0 Å². The van der Waals surface area contributed by atoms with Gasteiger partial charge in [0, 0.05) is 0 Å². The SMILES string of the molecule is CCC[C@@H](N)C(=O)N(Cc1ccco1)CC(F)(F)F. The molecule has 0 radical (unpaired) electrons. The molecule has 1 heterocycles. The molecule has 1 aromatic rings. The van der Waals surface area contributed by atoms with E-state index < -0.39 is 24.7 Å². The first-order chi connectivity index (χ1) is 8.83. The molecule has 0 spiro atoms. The first-order valence-corrected chi connectivity index (χ1v) is 5.97. The molecule has 0 saturated heterocycles. The average molecular weight is 278 g/mol. The Morgan fingerprint density at radius 2 is 2.21 bits per heavy atom. The minimum Gasteiger partial charge on any atom is -0.467 e. The smallest absolute Gasteiger partial charge is 0.406 e. The van der Waals surface area contributed by atoms with Gasteiger partial charge in [-0.1, -0.05) is 13.3 Å². The van der Waals surface area contributed by atoms with E-state index in [0.717, 1.165) is 0 Å². The highest BCUT2D eigenvalue weighted by Gasteiger charge is 2.34. The number of carbonyl (C=O) groups excluding carboxylic acids is 1. The molecule has 0 fully saturated rings. The van der Waals surface area contributed by atoms with Crippen LogP contribution in [0.5, 0.6) is 0 Å². The molecule has 0 aliphatic carbocycles. The molecule has 2 N–H and O–H groups in total. The summed E-state index contributed by atoms with van der Waals surface area (Å²) in [6, 6.07) is 2.15. The van der Waals surface area contributed by atoms with Crippen molar-refractivity contribution in [2.75, 3.05) is 6.54 Å². The van der Waals surface area contributed by atoms with Crippen LogP contribution in [0.3, 0.4) is 0 Å². The van der Waals surface area contributed by atoms with Gasteiger partial charge in [-0.2, -0.15) is 13.2 Å². The summed E-state index contributed by atoms with van der Waals surface area (Å²) in [6.07, 6.45) is -2.13. The minimum atomic E-state index is -4.46. The molecule has 108 valence electrons. The van der Waals surface area contributed by atoms with Gasteiger partial charge < -0.3 is 15.1 Å². The number of nitrogens with two attached hydrogens (primary N) is 1. The molecule has 0 aliphatic heterocycles. The van der Waals surface area contributed by atoms with Crippen LogP contribution in [-0.4, -0.2) is 29.6 Å². The van der Waals surface area contributed by atoms with Gasteiger partial charge in [0.25, 0.3) is 0 Å². The molecule has 0 aliphatic rings. The summed E-state index contributed by atoms with van der Waals surface area (Å²) in [4.78, 5) is 12.6. The normalized spacial score (nSPS) is 13.3. The summed E-state index contributed by atoms with van der Waals surface area (Å²) in [5.74, 6) is -0.420. The number of halogens is 3. The number of hydrogen-bond donors (Lipinski definition) is 1. The Kier molecular flexibility index (Phi) is 5.41. The van der Waals surface area contributed by atoms with Crippen LogP contribution in [0.1, 0.15) is 25.5 Å². The zero-order valence-electron chi connectivity index (χ0n) is 10.6. The Morgan fingerprint density at radius 1 is 1.53 bits per heavy atom. The molecule has 1 atom stereocenters. The topological polar surface area (TPSA) is 59.5 Å². The highest BCUT2D eigenvalue weighted by Crippen LogP contribution is 2.19. The van der Waals surface area contributed by atoms with Crippen molar-refractivity contribution >= 4 is 5.91 Å². The van der Waals surface area contributed by atoms with Crippen LogP contribution in [0.2, 0.25) is 0 Å². The zero-order chi connectivity index (χ0) is 14.5. The van der Waals surface area contributed by atoms with E-state index in [-0.39, 0.29) is 6.54 Å². The molecule has 0 unspecified atom stereocenters. The molecular weight excluding hydrogens is 261 g/mol. The third-order valence-corrected chi connectivity index (χ3v) is 2.53. The van der Waals surface area contributed by atoms with E-state index in [9.17, 15) is 18.0 Å². The second kappa shape index (κ2) is 6.60. The molecule has 19 heavy (non-hydrogen) atoms. The lowest BCUT2D eigenvalue weighted by Gasteiger charge is -2.25. The van der Waals surface area contributed by atoms with Gasteiger partial charge in [0.05, 0.1) is 18.8 Å². The van der Waals surface area contributed by atoms with Crippen LogP contribution in [-0.2, 0) is 11.3 Å². The molecule has 1 rings (SSSR count). The van der Waals surface area contributed by atoms with Crippen molar-refractivity contribution < 1.29 is 22.4 Å². The molecule has 4 nitrogen and oxygen atoms in total. The van der Waals surface area contributed by atoms with Crippen molar-refractivity contribution in [2.45, 2.75) is 38.5 Å². The molecule has 7 heteroatoms. The predicted molar refractivity (Wildman–Crippen MR) is 63.1 cm³/mol. The number of alkyl halides is 3. The molecule has 0 bridgehead atoms. The van der Waals surface area contributed by atoms with Crippen LogP contribution in [0.25, 0.3) is 0 Å². The summed E-state index contributed by atoms with van der Waals surface area (Å²) >= 11 is 0. The Labute approximate surface area is 109 Å². The maximum Gasteiger partial charge on any atom is 0.406 e. The lowest BCUT2D eigenvalue weighted by molar-refractivity contribution is -0.163. The summed E-state index contributed by atoms with van der Waals surface area (Å²) in [7, 11) is 0. The van der Waals surface area contributed by atoms with Crippen LogP contribution < -0.4 is 5.73 Å². The van der Waals surface area contributed by atoms with Gasteiger partial charge in [-0.3, -0.25) is 4.79 Å². The first kappa shape index (κ1) is 15.6. The molecule has 0 aromatic carbocycles. The van der Waals surface area contributed by atoms with E-state index in [4.69, 9.17) is 10.2 Å². The van der Waals surface area contributed by atoms with Gasteiger partial charge in [-0.25, -0.2) is 0 Å². The van der Waals surface area contributed by atoms with Gasteiger partial charge in [-0.05, 0) is 18.6 Å². The number of furan rings is 1. The van der Waals surface area contributed by atoms with E-state index in [1.54, 1.807) is 6.07 Å². The largest absolute Gasteiger partial charge is 0.467 e. The summed E-state index contributed by atoms with van der Waals surface area (Å²) < 4.78 is 42.4. The van der Waals surface area contributed by atoms with Gasteiger partial charge in [0.2, 0.25) is 5.91 Å². The highest BCUT2D eigenvalue weighted by molar-refractivity contribution is 5.81. The Bertz CT molecular complexity index is 390. The van der Waals surface area contributed by atoms with Gasteiger partial charge in [0.1, 0.15) is 12.3 Å². The van der Waals surface area contributed by atoms with Crippen molar-refractivity contribution in [2.24, 2.45) is 5.73 Å². The standard InChI is InChI=1S/C12H17F3N2O2/c1-2-4-10(16)11(18)17(8-12(13,14)15)7-9-5-3-6-19-9/h3,5-6,10H,2,4,7-8,16H2,1H3/t10-/m1/s1. The predicted octanol–water partition coefficient (Wildman–Crippen LogP) is 2.30. The fourth-order valence-electron chi connectivity index (χ4n) is 1.69. The monoisotopic (exact) mass is 278 g/mol. The van der Waals surface area contributed by atoms with E-state index >= 15 is 0 Å². The van der Waals surface area contributed by atoms with Crippen LogP contribution in [0.15, 0.2) is 22.8 Å². The van der Waals surface area contributed by atoms with Gasteiger partial charge >= 0.3 is 6.18 Å². The second-order valence-electron chi connectivity index (χ2n) is 4.28. The van der Waals surface area contributed by atoms with Crippen molar-refractivity contribution in [3.63, 3.8) is 0 Å². The van der Waals surface area contributed by atoms with Crippen LogP contribution in [0.4, 0.5) is 13.2 Å². The Hall–Kier alpha value is -1.50. The molecular formula is C12H17F3N2O2. The maximum absolute atomic E-state index is 12.5. The van der Waals surface area contributed by atoms with Gasteiger partial charge in [-0.15, -0.1) is 0 Å². The number of rotatable bonds is 6. The fraction of sp³-hybridized carbons (Fsp3) is 0.583. The summed E-state index contributed by atoms with van der Waals surface area (Å²) in [5, 5.41) is 0. The van der Waals surface area contributed by atoms with Crippen molar-refractivity contribution in [3.8, 4) is 0 Å². The third kappa shape index (κ3) is 5.34. The highest BCUT2D eigenvalue weighted by atomic mass is 19.4. The van der Waals surface area contributed by atoms with Crippen molar-refractivity contribution in [1.82, 2.24) is 4.90 Å². The lowest BCUT2D eigenvalue weighted by Crippen LogP contribution is -2.46. The van der Waals surface area contributed by atoms with Crippen LogP contribution >= 0.6 is 0 Å². The van der Waals surface area contributed by atoms with Gasteiger partial charge in [0.15, 0.2) is 0 Å². The molecule has 1 aromatic heterocycles. The van der Waals surface area contributed by atoms with E-state index in [0.29, 0.717) is 23.5 Å². The zero-order valence-corrected chi connectivity index (χ0v) is 10.6. The average Bonchev–Trinajstić information content (AvgIpc) is 2.78. The van der Waals surface area contributed by atoms with Crippen molar-refractivity contribution in [1.29, 1.82) is 0 Å².